The Kier molecular flexibility index (Phi) is 6.45. The summed E-state index contributed by atoms with van der Waals surface area (Å²) in [6.45, 7) is 6.06. The normalized spacial score (nSPS) is 26.5. The number of piperidine rings is 1. The fourth-order valence-electron chi connectivity index (χ4n) is 3.13. The topological polar surface area (TPSA) is 70.7 Å². The Morgan fingerprint density at radius 1 is 1.33 bits per heavy atom. The summed E-state index contributed by atoms with van der Waals surface area (Å²) in [7, 11) is 0. The van der Waals surface area contributed by atoms with Crippen LogP contribution in [-0.2, 0) is 14.3 Å². The lowest BCUT2D eigenvalue weighted by molar-refractivity contribution is -0.145. The Morgan fingerprint density at radius 3 is 2.90 bits per heavy atom. The lowest BCUT2D eigenvalue weighted by atomic mass is 9.98. The van der Waals surface area contributed by atoms with Gasteiger partial charge in [-0.15, -0.1) is 0 Å². The Balaban J connectivity index is 1.68. The SMILES string of the molecule is CCOC(=O)CN1CCCC(CNC(=O)C2CCCN2)C1. The van der Waals surface area contributed by atoms with Crippen molar-refractivity contribution in [2.75, 3.05) is 39.3 Å². The zero-order valence-electron chi connectivity index (χ0n) is 12.9. The minimum atomic E-state index is -0.155. The standard InChI is InChI=1S/C15H27N3O3/c1-2-21-14(19)11-18-8-4-5-12(10-18)9-17-15(20)13-6-3-7-16-13/h12-13,16H,2-11H2,1H3,(H,17,20). The van der Waals surface area contributed by atoms with Crippen LogP contribution in [0.3, 0.4) is 0 Å². The smallest absolute Gasteiger partial charge is 0.320 e. The summed E-state index contributed by atoms with van der Waals surface area (Å²) in [5, 5.41) is 6.26. The van der Waals surface area contributed by atoms with Crippen molar-refractivity contribution in [3.63, 3.8) is 0 Å². The predicted molar refractivity (Wildman–Crippen MR) is 79.8 cm³/mol. The van der Waals surface area contributed by atoms with Gasteiger partial charge in [-0.1, -0.05) is 0 Å². The van der Waals surface area contributed by atoms with E-state index in [2.05, 4.69) is 15.5 Å². The largest absolute Gasteiger partial charge is 0.465 e. The second-order valence-corrected chi connectivity index (χ2v) is 5.94. The fraction of sp³-hybridized carbons (Fsp3) is 0.867. The minimum absolute atomic E-state index is 0.00998. The molecular formula is C15H27N3O3. The zero-order valence-corrected chi connectivity index (χ0v) is 12.9. The van der Waals surface area contributed by atoms with Crippen LogP contribution in [0.25, 0.3) is 0 Å². The molecule has 0 bridgehead atoms. The number of ether oxygens (including phenoxy) is 1. The number of nitrogens with one attached hydrogen (secondary N) is 2. The molecule has 21 heavy (non-hydrogen) atoms. The Hall–Kier alpha value is -1.14. The molecule has 2 rings (SSSR count). The number of rotatable bonds is 6. The highest BCUT2D eigenvalue weighted by molar-refractivity contribution is 5.82. The van der Waals surface area contributed by atoms with E-state index in [0.717, 1.165) is 45.3 Å². The summed E-state index contributed by atoms with van der Waals surface area (Å²) < 4.78 is 4.99. The second kappa shape index (κ2) is 8.34. The van der Waals surface area contributed by atoms with E-state index in [-0.39, 0.29) is 17.9 Å². The molecule has 6 heteroatoms. The molecule has 6 nitrogen and oxygen atoms in total. The van der Waals surface area contributed by atoms with Crippen molar-refractivity contribution < 1.29 is 14.3 Å². The van der Waals surface area contributed by atoms with Crippen molar-refractivity contribution >= 4 is 11.9 Å². The molecule has 0 aromatic carbocycles. The summed E-state index contributed by atoms with van der Waals surface area (Å²) in [6, 6.07) is -0.00998. The summed E-state index contributed by atoms with van der Waals surface area (Å²) >= 11 is 0. The Bertz CT molecular complexity index is 356. The number of carbonyl (C=O) groups excluding carboxylic acids is 2. The lowest BCUT2D eigenvalue weighted by Gasteiger charge is -2.32. The van der Waals surface area contributed by atoms with Crippen LogP contribution in [-0.4, -0.2) is 62.1 Å². The van der Waals surface area contributed by atoms with E-state index in [1.54, 1.807) is 0 Å². The molecule has 1 amide bonds. The summed E-state index contributed by atoms with van der Waals surface area (Å²) in [5.41, 5.74) is 0. The predicted octanol–water partition coefficient (Wildman–Crippen LogP) is 0.130. The van der Waals surface area contributed by atoms with E-state index >= 15 is 0 Å². The first kappa shape index (κ1) is 16.2. The number of hydrogen-bond donors (Lipinski definition) is 2. The number of nitrogens with zero attached hydrogens (tertiary/aromatic N) is 1. The molecule has 0 spiro atoms. The third-order valence-electron chi connectivity index (χ3n) is 4.20. The van der Waals surface area contributed by atoms with Gasteiger partial charge in [0.05, 0.1) is 19.2 Å². The highest BCUT2D eigenvalue weighted by Gasteiger charge is 2.25. The third kappa shape index (κ3) is 5.28. The molecule has 120 valence electrons. The maximum absolute atomic E-state index is 12.0. The van der Waals surface area contributed by atoms with Crippen LogP contribution in [0.1, 0.15) is 32.6 Å². The molecule has 2 unspecified atom stereocenters. The van der Waals surface area contributed by atoms with Gasteiger partial charge in [0.15, 0.2) is 0 Å². The fourth-order valence-corrected chi connectivity index (χ4v) is 3.13. The molecule has 2 fully saturated rings. The van der Waals surface area contributed by atoms with E-state index in [9.17, 15) is 9.59 Å². The first-order valence-corrected chi connectivity index (χ1v) is 8.08. The van der Waals surface area contributed by atoms with Crippen LogP contribution in [0.15, 0.2) is 0 Å². The second-order valence-electron chi connectivity index (χ2n) is 5.94. The molecule has 0 aliphatic carbocycles. The quantitative estimate of drug-likeness (QED) is 0.682. The average molecular weight is 297 g/mol. The molecule has 2 N–H and O–H groups in total. The van der Waals surface area contributed by atoms with E-state index in [1.807, 2.05) is 6.92 Å². The van der Waals surface area contributed by atoms with Crippen LogP contribution in [0, 0.1) is 5.92 Å². The van der Waals surface area contributed by atoms with Crippen molar-refractivity contribution in [2.24, 2.45) is 5.92 Å². The van der Waals surface area contributed by atoms with Gasteiger partial charge in [-0.3, -0.25) is 14.5 Å². The number of carbonyl (C=O) groups is 2. The molecule has 0 saturated carbocycles. The molecule has 0 radical (unpaired) electrons. The van der Waals surface area contributed by atoms with Gasteiger partial charge in [0.25, 0.3) is 0 Å². The van der Waals surface area contributed by atoms with Crippen molar-refractivity contribution in [1.82, 2.24) is 15.5 Å². The highest BCUT2D eigenvalue weighted by atomic mass is 16.5. The van der Waals surface area contributed by atoms with Crippen LogP contribution >= 0.6 is 0 Å². The third-order valence-corrected chi connectivity index (χ3v) is 4.20. The summed E-state index contributed by atoms with van der Waals surface area (Å²) in [4.78, 5) is 25.6. The van der Waals surface area contributed by atoms with Gasteiger partial charge in [-0.25, -0.2) is 0 Å². The van der Waals surface area contributed by atoms with Gasteiger partial charge in [-0.2, -0.15) is 0 Å². The number of hydrogen-bond acceptors (Lipinski definition) is 5. The lowest BCUT2D eigenvalue weighted by Crippen LogP contribution is -2.46. The number of likely N-dealkylation sites (tertiary alicyclic amines) is 1. The first-order valence-electron chi connectivity index (χ1n) is 8.08. The monoisotopic (exact) mass is 297 g/mol. The average Bonchev–Trinajstić information content (AvgIpc) is 2.99. The van der Waals surface area contributed by atoms with Gasteiger partial charge in [0.2, 0.25) is 5.91 Å². The molecule has 2 heterocycles. The molecule has 2 atom stereocenters. The van der Waals surface area contributed by atoms with Crippen molar-refractivity contribution in [1.29, 1.82) is 0 Å². The van der Waals surface area contributed by atoms with Crippen molar-refractivity contribution in [2.45, 2.75) is 38.6 Å². The van der Waals surface area contributed by atoms with Crippen LogP contribution < -0.4 is 10.6 Å². The summed E-state index contributed by atoms with van der Waals surface area (Å²) in [5.74, 6) is 0.394. The zero-order chi connectivity index (χ0) is 15.1. The van der Waals surface area contributed by atoms with E-state index in [4.69, 9.17) is 4.74 Å². The minimum Gasteiger partial charge on any atom is -0.465 e. The number of amides is 1. The molecule has 0 aromatic rings. The molecule has 2 aliphatic rings. The van der Waals surface area contributed by atoms with Crippen LogP contribution in [0.2, 0.25) is 0 Å². The maximum atomic E-state index is 12.0. The van der Waals surface area contributed by atoms with Crippen molar-refractivity contribution in [3.8, 4) is 0 Å². The number of esters is 1. The van der Waals surface area contributed by atoms with E-state index in [1.165, 1.54) is 0 Å². The Labute approximate surface area is 126 Å². The maximum Gasteiger partial charge on any atom is 0.320 e. The summed E-state index contributed by atoms with van der Waals surface area (Å²) in [6.07, 6.45) is 4.19. The Morgan fingerprint density at radius 2 is 2.19 bits per heavy atom. The van der Waals surface area contributed by atoms with Crippen molar-refractivity contribution in [3.05, 3.63) is 0 Å². The van der Waals surface area contributed by atoms with Gasteiger partial charge in [-0.05, 0) is 51.6 Å². The van der Waals surface area contributed by atoms with E-state index in [0.29, 0.717) is 25.6 Å². The molecule has 2 aliphatic heterocycles. The first-order chi connectivity index (χ1) is 10.2. The molecule has 0 aromatic heterocycles. The van der Waals surface area contributed by atoms with E-state index < -0.39 is 0 Å². The highest BCUT2D eigenvalue weighted by Crippen LogP contribution is 2.16. The van der Waals surface area contributed by atoms with Gasteiger partial charge in [0, 0.05) is 13.1 Å². The van der Waals surface area contributed by atoms with Gasteiger partial charge < -0.3 is 15.4 Å². The van der Waals surface area contributed by atoms with Crippen LogP contribution in [0.5, 0.6) is 0 Å². The molecule has 2 saturated heterocycles. The molecular weight excluding hydrogens is 270 g/mol. The van der Waals surface area contributed by atoms with Gasteiger partial charge >= 0.3 is 5.97 Å². The van der Waals surface area contributed by atoms with Crippen LogP contribution in [0.4, 0.5) is 0 Å². The van der Waals surface area contributed by atoms with Gasteiger partial charge in [0.1, 0.15) is 0 Å².